The molecule has 2 aliphatic rings. The summed E-state index contributed by atoms with van der Waals surface area (Å²) in [5, 5.41) is 5.76. The Hall–Kier alpha value is -1.26. The number of hydrogen-bond acceptors (Lipinski definition) is 4. The van der Waals surface area contributed by atoms with Crippen molar-refractivity contribution in [2.75, 3.05) is 6.54 Å². The Kier molecular flexibility index (Phi) is 3.51. The zero-order chi connectivity index (χ0) is 14.2. The molecule has 2 aromatic heterocycles. The van der Waals surface area contributed by atoms with E-state index < -0.39 is 0 Å². The molecule has 0 aromatic carbocycles. The predicted molar refractivity (Wildman–Crippen MR) is 86.6 cm³/mol. The van der Waals surface area contributed by atoms with E-state index >= 15 is 0 Å². The number of hydrogen-bond donors (Lipinski definition) is 1. The molecule has 1 saturated carbocycles. The molecule has 3 nitrogen and oxygen atoms in total. The first-order valence-electron chi connectivity index (χ1n) is 7.93. The van der Waals surface area contributed by atoms with Gasteiger partial charge in [-0.1, -0.05) is 6.07 Å². The Bertz CT molecular complexity index is 632. The highest BCUT2D eigenvalue weighted by molar-refractivity contribution is 7.13. The van der Waals surface area contributed by atoms with Crippen LogP contribution in [-0.4, -0.2) is 22.6 Å². The smallest absolute Gasteiger partial charge is 0.169 e. The minimum absolute atomic E-state index is 0.757. The maximum absolute atomic E-state index is 4.84. The summed E-state index contributed by atoms with van der Waals surface area (Å²) in [5.41, 5.74) is 3.87. The van der Waals surface area contributed by atoms with Crippen molar-refractivity contribution in [1.82, 2.24) is 15.3 Å². The van der Waals surface area contributed by atoms with E-state index in [0.717, 1.165) is 37.2 Å². The van der Waals surface area contributed by atoms with Crippen LogP contribution in [0.3, 0.4) is 0 Å². The summed E-state index contributed by atoms with van der Waals surface area (Å²) < 4.78 is 0. The summed E-state index contributed by atoms with van der Waals surface area (Å²) in [4.78, 5) is 10.8. The molecule has 110 valence electrons. The highest BCUT2D eigenvalue weighted by Crippen LogP contribution is 2.30. The van der Waals surface area contributed by atoms with Crippen LogP contribution in [0.5, 0.6) is 0 Å². The first kappa shape index (κ1) is 13.4. The molecule has 21 heavy (non-hydrogen) atoms. The molecule has 0 radical (unpaired) electrons. The molecule has 1 N–H and O–H groups in total. The largest absolute Gasteiger partial charge is 0.314 e. The Morgan fingerprint density at radius 3 is 2.95 bits per heavy atom. The van der Waals surface area contributed by atoms with Crippen molar-refractivity contribution in [1.29, 1.82) is 0 Å². The molecule has 0 amide bonds. The molecular weight excluding hydrogens is 278 g/mol. The highest BCUT2D eigenvalue weighted by atomic mass is 32.1. The second-order valence-corrected chi connectivity index (χ2v) is 7.27. The van der Waals surface area contributed by atoms with Gasteiger partial charge in [0.1, 0.15) is 0 Å². The number of nitrogens with one attached hydrogen (secondary N) is 1. The summed E-state index contributed by atoms with van der Waals surface area (Å²) in [6.07, 6.45) is 6.25. The van der Waals surface area contributed by atoms with E-state index in [1.807, 2.05) is 0 Å². The van der Waals surface area contributed by atoms with E-state index in [9.17, 15) is 0 Å². The third-order valence-corrected chi connectivity index (χ3v) is 5.46. The second-order valence-electron chi connectivity index (χ2n) is 6.33. The Morgan fingerprint density at radius 2 is 2.19 bits per heavy atom. The van der Waals surface area contributed by atoms with Crippen LogP contribution in [0, 0.1) is 12.8 Å². The van der Waals surface area contributed by atoms with Crippen molar-refractivity contribution < 1.29 is 0 Å². The fraction of sp³-hybridized carbons (Fsp3) is 0.529. The topological polar surface area (TPSA) is 37.8 Å². The molecule has 0 spiro atoms. The van der Waals surface area contributed by atoms with Crippen LogP contribution in [0.4, 0.5) is 0 Å². The van der Waals surface area contributed by atoms with Crippen LogP contribution in [-0.2, 0) is 12.8 Å². The van der Waals surface area contributed by atoms with Crippen LogP contribution >= 0.6 is 11.3 Å². The van der Waals surface area contributed by atoms with E-state index in [4.69, 9.17) is 9.97 Å². The quantitative estimate of drug-likeness (QED) is 0.940. The fourth-order valence-electron chi connectivity index (χ4n) is 3.17. The Morgan fingerprint density at radius 1 is 1.29 bits per heavy atom. The lowest BCUT2D eigenvalue weighted by atomic mass is 9.85. The molecule has 1 fully saturated rings. The van der Waals surface area contributed by atoms with Crippen molar-refractivity contribution in [2.24, 2.45) is 5.92 Å². The number of fused-ring (bicyclic) bond motifs is 1. The molecule has 0 aliphatic heterocycles. The predicted octanol–water partition coefficient (Wildman–Crippen LogP) is 3.37. The molecule has 1 atom stereocenters. The first-order chi connectivity index (χ1) is 10.3. The molecular formula is C17H21N3S. The van der Waals surface area contributed by atoms with E-state index in [2.05, 4.69) is 29.8 Å². The maximum atomic E-state index is 4.84. The average Bonchev–Trinajstić information content (AvgIpc) is 3.16. The first-order valence-corrected chi connectivity index (χ1v) is 8.81. The van der Waals surface area contributed by atoms with Gasteiger partial charge < -0.3 is 5.32 Å². The SMILES string of the molecule is Cc1nc(-c2cccs2)nc2c1CC(CNC1CC1)CC2. The number of aryl methyl sites for hydroxylation is 2. The minimum Gasteiger partial charge on any atom is -0.314 e. The molecule has 4 heteroatoms. The van der Waals surface area contributed by atoms with Gasteiger partial charge in [0, 0.05) is 17.4 Å². The standard InChI is InChI=1S/C17H21N3S/c1-11-14-9-12(10-18-13-5-6-13)4-7-15(14)20-17(19-11)16-3-2-8-21-16/h2-3,8,12-13,18H,4-7,9-10H2,1H3. The van der Waals surface area contributed by atoms with Gasteiger partial charge in [-0.15, -0.1) is 11.3 Å². The van der Waals surface area contributed by atoms with Crippen molar-refractivity contribution in [3.8, 4) is 10.7 Å². The van der Waals surface area contributed by atoms with Gasteiger partial charge in [0.25, 0.3) is 0 Å². The van der Waals surface area contributed by atoms with Crippen molar-refractivity contribution in [3.63, 3.8) is 0 Å². The maximum Gasteiger partial charge on any atom is 0.169 e. The molecule has 2 heterocycles. The van der Waals surface area contributed by atoms with Gasteiger partial charge in [0.15, 0.2) is 5.82 Å². The lowest BCUT2D eigenvalue weighted by molar-refractivity contribution is 0.417. The van der Waals surface area contributed by atoms with Crippen LogP contribution in [0.1, 0.15) is 36.2 Å². The molecule has 1 unspecified atom stereocenters. The van der Waals surface area contributed by atoms with Crippen molar-refractivity contribution >= 4 is 11.3 Å². The van der Waals surface area contributed by atoms with Gasteiger partial charge in [0.2, 0.25) is 0 Å². The summed E-state index contributed by atoms with van der Waals surface area (Å²) in [5.74, 6) is 1.67. The Balaban J connectivity index is 1.54. The van der Waals surface area contributed by atoms with Crippen molar-refractivity contribution in [2.45, 2.75) is 45.1 Å². The van der Waals surface area contributed by atoms with Crippen LogP contribution < -0.4 is 5.32 Å². The second kappa shape index (κ2) is 5.50. The van der Waals surface area contributed by atoms with E-state index in [1.54, 1.807) is 11.3 Å². The molecule has 0 bridgehead atoms. The lowest BCUT2D eigenvalue weighted by Crippen LogP contribution is -2.29. The van der Waals surface area contributed by atoms with E-state index in [1.165, 1.54) is 41.1 Å². The average molecular weight is 299 g/mol. The van der Waals surface area contributed by atoms with Gasteiger partial charge in [-0.3, -0.25) is 0 Å². The third kappa shape index (κ3) is 2.87. The van der Waals surface area contributed by atoms with Crippen molar-refractivity contribution in [3.05, 3.63) is 34.5 Å². The minimum atomic E-state index is 0.757. The summed E-state index contributed by atoms with van der Waals surface area (Å²) in [6.45, 7) is 3.31. The van der Waals surface area contributed by atoms with Gasteiger partial charge in [0.05, 0.1) is 4.88 Å². The van der Waals surface area contributed by atoms with Gasteiger partial charge in [-0.25, -0.2) is 9.97 Å². The van der Waals surface area contributed by atoms with Crippen LogP contribution in [0.2, 0.25) is 0 Å². The zero-order valence-corrected chi connectivity index (χ0v) is 13.2. The Labute approximate surface area is 129 Å². The monoisotopic (exact) mass is 299 g/mol. The van der Waals surface area contributed by atoms with Gasteiger partial charge in [-0.2, -0.15) is 0 Å². The normalized spacial score (nSPS) is 21.3. The molecule has 4 rings (SSSR count). The summed E-state index contributed by atoms with van der Waals surface area (Å²) in [7, 11) is 0. The van der Waals surface area contributed by atoms with Crippen LogP contribution in [0.15, 0.2) is 17.5 Å². The number of aromatic nitrogens is 2. The van der Waals surface area contributed by atoms with Gasteiger partial charge >= 0.3 is 0 Å². The molecule has 2 aromatic rings. The third-order valence-electron chi connectivity index (χ3n) is 4.60. The highest BCUT2D eigenvalue weighted by Gasteiger charge is 2.26. The molecule has 2 aliphatic carbocycles. The lowest BCUT2D eigenvalue weighted by Gasteiger charge is -2.25. The number of nitrogens with zero attached hydrogens (tertiary/aromatic N) is 2. The summed E-state index contributed by atoms with van der Waals surface area (Å²) in [6, 6.07) is 4.99. The summed E-state index contributed by atoms with van der Waals surface area (Å²) >= 11 is 1.72. The fourth-order valence-corrected chi connectivity index (χ4v) is 3.83. The van der Waals surface area contributed by atoms with E-state index in [-0.39, 0.29) is 0 Å². The number of rotatable bonds is 4. The zero-order valence-electron chi connectivity index (χ0n) is 12.4. The van der Waals surface area contributed by atoms with E-state index in [0.29, 0.717) is 0 Å². The number of thiophene rings is 1. The molecule has 0 saturated heterocycles. The van der Waals surface area contributed by atoms with Gasteiger partial charge in [-0.05, 0) is 68.5 Å². The van der Waals surface area contributed by atoms with Crippen LogP contribution in [0.25, 0.3) is 10.7 Å².